The average Bonchev–Trinajstić information content (AvgIpc) is 3.11. The Kier molecular flexibility index (Phi) is 2.51. The van der Waals surface area contributed by atoms with Gasteiger partial charge in [0.1, 0.15) is 0 Å². The van der Waals surface area contributed by atoms with E-state index in [9.17, 15) is 4.79 Å². The van der Waals surface area contributed by atoms with E-state index in [2.05, 4.69) is 33.4 Å². The Balaban J connectivity index is 1.89. The molecular weight excluding hydrogens is 266 g/mol. The van der Waals surface area contributed by atoms with Crippen LogP contribution in [0.4, 0.5) is 5.69 Å². The van der Waals surface area contributed by atoms with Crippen LogP contribution in [0.15, 0.2) is 18.2 Å². The van der Waals surface area contributed by atoms with Gasteiger partial charge in [-0.15, -0.1) is 0 Å². The van der Waals surface area contributed by atoms with Crippen molar-refractivity contribution in [3.8, 4) is 0 Å². The zero-order chi connectivity index (χ0) is 11.1. The number of anilines is 1. The van der Waals surface area contributed by atoms with Crippen molar-refractivity contribution in [2.24, 2.45) is 5.92 Å². The molecule has 0 aromatic heterocycles. The van der Waals surface area contributed by atoms with Gasteiger partial charge in [-0.25, -0.2) is 0 Å². The van der Waals surface area contributed by atoms with E-state index in [1.54, 1.807) is 0 Å². The lowest BCUT2D eigenvalue weighted by Gasteiger charge is -2.19. The normalized spacial score (nSPS) is 21.2. The molecule has 1 fully saturated rings. The van der Waals surface area contributed by atoms with Crippen molar-refractivity contribution >= 4 is 27.5 Å². The van der Waals surface area contributed by atoms with Gasteiger partial charge in [0.15, 0.2) is 0 Å². The second-order valence-corrected chi connectivity index (χ2v) is 5.69. The van der Waals surface area contributed by atoms with Crippen LogP contribution < -0.4 is 5.32 Å². The highest BCUT2D eigenvalue weighted by atomic mass is 79.9. The fourth-order valence-electron chi connectivity index (χ4n) is 2.24. The van der Waals surface area contributed by atoms with Crippen molar-refractivity contribution in [2.45, 2.75) is 30.5 Å². The summed E-state index contributed by atoms with van der Waals surface area (Å²) in [5.74, 6) is 0.953. The third-order valence-corrected chi connectivity index (χ3v) is 4.66. The summed E-state index contributed by atoms with van der Waals surface area (Å²) in [5.41, 5.74) is 3.63. The van der Waals surface area contributed by atoms with Gasteiger partial charge < -0.3 is 5.32 Å². The summed E-state index contributed by atoms with van der Waals surface area (Å²) < 4.78 is 0. The molecule has 1 amide bonds. The van der Waals surface area contributed by atoms with Crippen LogP contribution >= 0.6 is 15.9 Å². The first-order valence-corrected chi connectivity index (χ1v) is 6.72. The predicted octanol–water partition coefficient (Wildman–Crippen LogP) is 3.42. The number of rotatable bonds is 2. The molecule has 1 aliphatic heterocycles. The van der Waals surface area contributed by atoms with Crippen molar-refractivity contribution in [2.75, 3.05) is 5.32 Å². The number of aryl methyl sites for hydroxylation is 1. The van der Waals surface area contributed by atoms with E-state index in [1.807, 2.05) is 6.07 Å². The monoisotopic (exact) mass is 279 g/mol. The van der Waals surface area contributed by atoms with E-state index in [4.69, 9.17) is 0 Å². The van der Waals surface area contributed by atoms with Gasteiger partial charge in [0, 0.05) is 16.9 Å². The minimum atomic E-state index is 0.137. The Morgan fingerprint density at radius 1 is 1.31 bits per heavy atom. The smallest absolute Gasteiger partial charge is 0.224 e. The Morgan fingerprint density at radius 3 is 2.88 bits per heavy atom. The molecule has 1 heterocycles. The second kappa shape index (κ2) is 3.88. The molecule has 1 N–H and O–H groups in total. The van der Waals surface area contributed by atoms with Gasteiger partial charge in [-0.3, -0.25) is 4.79 Å². The van der Waals surface area contributed by atoms with Crippen LogP contribution in [0, 0.1) is 5.92 Å². The van der Waals surface area contributed by atoms with E-state index in [-0.39, 0.29) is 5.91 Å². The van der Waals surface area contributed by atoms with E-state index in [0.29, 0.717) is 11.2 Å². The molecule has 1 aliphatic carbocycles. The number of hydrogen-bond acceptors (Lipinski definition) is 1. The fourth-order valence-corrected chi connectivity index (χ4v) is 3.05. The van der Waals surface area contributed by atoms with Crippen molar-refractivity contribution in [3.63, 3.8) is 0 Å². The summed E-state index contributed by atoms with van der Waals surface area (Å²) in [6, 6.07) is 6.41. The highest BCUT2D eigenvalue weighted by Crippen LogP contribution is 2.46. The third-order valence-electron chi connectivity index (χ3n) is 3.38. The van der Waals surface area contributed by atoms with E-state index in [1.165, 1.54) is 24.0 Å². The molecule has 2 aliphatic rings. The maximum atomic E-state index is 11.2. The molecule has 0 spiro atoms. The van der Waals surface area contributed by atoms with E-state index < -0.39 is 0 Å². The molecule has 1 aromatic rings. The number of fused-ring (bicyclic) bond motifs is 1. The van der Waals surface area contributed by atoms with Crippen LogP contribution in [0.5, 0.6) is 0 Å². The zero-order valence-corrected chi connectivity index (χ0v) is 10.6. The Labute approximate surface area is 104 Å². The van der Waals surface area contributed by atoms with Gasteiger partial charge in [0.05, 0.1) is 0 Å². The van der Waals surface area contributed by atoms with Gasteiger partial charge in [-0.05, 0) is 42.4 Å². The Hall–Kier alpha value is -0.830. The van der Waals surface area contributed by atoms with Crippen LogP contribution in [0.2, 0.25) is 0 Å². The first-order chi connectivity index (χ1) is 7.74. The second-order valence-electron chi connectivity index (χ2n) is 4.70. The summed E-state index contributed by atoms with van der Waals surface area (Å²) in [4.78, 5) is 11.7. The number of alkyl halides is 1. The Bertz CT molecular complexity index is 440. The van der Waals surface area contributed by atoms with Crippen LogP contribution in [-0.2, 0) is 11.2 Å². The number of nitrogens with one attached hydrogen (secondary N) is 1. The van der Waals surface area contributed by atoms with E-state index in [0.717, 1.165) is 18.0 Å². The van der Waals surface area contributed by atoms with Crippen LogP contribution in [0.25, 0.3) is 0 Å². The lowest BCUT2D eigenvalue weighted by molar-refractivity contribution is -0.116. The largest absolute Gasteiger partial charge is 0.326 e. The van der Waals surface area contributed by atoms with Gasteiger partial charge in [0.25, 0.3) is 0 Å². The molecule has 84 valence electrons. The first kappa shape index (κ1) is 10.3. The molecule has 1 saturated carbocycles. The Morgan fingerprint density at radius 2 is 2.12 bits per heavy atom. The number of hydrogen-bond donors (Lipinski definition) is 1. The summed E-state index contributed by atoms with van der Waals surface area (Å²) in [6.45, 7) is 0. The maximum Gasteiger partial charge on any atom is 0.224 e. The third kappa shape index (κ3) is 1.88. The molecule has 2 nitrogen and oxygen atoms in total. The number of carbonyl (C=O) groups is 1. The highest BCUT2D eigenvalue weighted by molar-refractivity contribution is 9.09. The molecule has 16 heavy (non-hydrogen) atoms. The number of amides is 1. The number of halogens is 1. The quantitative estimate of drug-likeness (QED) is 0.826. The summed E-state index contributed by atoms with van der Waals surface area (Å²) in [6.07, 6.45) is 4.17. The van der Waals surface area contributed by atoms with Crippen LogP contribution in [0.1, 0.15) is 35.2 Å². The topological polar surface area (TPSA) is 29.1 Å². The molecule has 0 bridgehead atoms. The molecule has 1 unspecified atom stereocenters. The molecular formula is C13H14BrNO. The maximum absolute atomic E-state index is 11.2. The minimum Gasteiger partial charge on any atom is -0.326 e. The molecule has 1 aromatic carbocycles. The van der Waals surface area contributed by atoms with Crippen molar-refractivity contribution in [3.05, 3.63) is 29.3 Å². The predicted molar refractivity (Wildman–Crippen MR) is 67.8 cm³/mol. The molecule has 1 atom stereocenters. The van der Waals surface area contributed by atoms with Crippen molar-refractivity contribution < 1.29 is 4.79 Å². The first-order valence-electron chi connectivity index (χ1n) is 5.81. The summed E-state index contributed by atoms with van der Waals surface area (Å²) >= 11 is 3.77. The number of carbonyl (C=O) groups excluding carboxylic acids is 1. The molecule has 0 saturated heterocycles. The van der Waals surface area contributed by atoms with Crippen LogP contribution in [-0.4, -0.2) is 5.91 Å². The lowest BCUT2D eigenvalue weighted by Crippen LogP contribution is -2.19. The molecule has 3 rings (SSSR count). The van der Waals surface area contributed by atoms with Gasteiger partial charge in [-0.2, -0.15) is 0 Å². The van der Waals surface area contributed by atoms with Gasteiger partial charge in [0.2, 0.25) is 5.91 Å². The van der Waals surface area contributed by atoms with Crippen LogP contribution in [0.3, 0.4) is 0 Å². The average molecular weight is 280 g/mol. The van der Waals surface area contributed by atoms with Crippen molar-refractivity contribution in [1.29, 1.82) is 0 Å². The molecule has 3 heteroatoms. The van der Waals surface area contributed by atoms with Gasteiger partial charge >= 0.3 is 0 Å². The summed E-state index contributed by atoms with van der Waals surface area (Å²) in [7, 11) is 0. The standard InChI is InChI=1S/C13H14BrNO/c14-13(8-1-2-8)10-3-5-11-9(7-10)4-6-12(16)15-11/h3,5,7-8,13H,1-2,4,6H2,(H,15,16). The van der Waals surface area contributed by atoms with Gasteiger partial charge in [-0.1, -0.05) is 28.1 Å². The zero-order valence-electron chi connectivity index (χ0n) is 9.00. The number of benzene rings is 1. The fraction of sp³-hybridized carbons (Fsp3) is 0.462. The summed E-state index contributed by atoms with van der Waals surface area (Å²) in [5, 5.41) is 2.92. The lowest BCUT2D eigenvalue weighted by atomic mass is 9.98. The minimum absolute atomic E-state index is 0.137. The van der Waals surface area contributed by atoms with Crippen molar-refractivity contribution in [1.82, 2.24) is 0 Å². The van der Waals surface area contributed by atoms with E-state index >= 15 is 0 Å². The molecule has 0 radical (unpaired) electrons. The highest BCUT2D eigenvalue weighted by Gasteiger charge is 2.30. The SMILES string of the molecule is O=C1CCc2cc(C(Br)C3CC3)ccc2N1.